The number of anilines is 1. The Morgan fingerprint density at radius 1 is 1.43 bits per heavy atom. The van der Waals surface area contributed by atoms with Gasteiger partial charge in [0.15, 0.2) is 5.96 Å². The maximum Gasteiger partial charge on any atom is 0.240 e. The third-order valence-electron chi connectivity index (χ3n) is 3.98. The summed E-state index contributed by atoms with van der Waals surface area (Å²) >= 11 is 0. The first-order valence-corrected chi connectivity index (χ1v) is 8.03. The molecule has 0 saturated carbocycles. The fourth-order valence-corrected chi connectivity index (χ4v) is 2.63. The van der Waals surface area contributed by atoms with E-state index in [1.807, 2.05) is 36.1 Å². The van der Waals surface area contributed by atoms with Crippen molar-refractivity contribution in [3.05, 3.63) is 29.8 Å². The number of hydrogen-bond acceptors (Lipinski definition) is 3. The van der Waals surface area contributed by atoms with Gasteiger partial charge in [-0.15, -0.1) is 0 Å². The molecule has 0 spiro atoms. The molecule has 0 saturated heterocycles. The van der Waals surface area contributed by atoms with Crippen LogP contribution < -0.4 is 16.1 Å². The number of hydrazone groups is 1. The van der Waals surface area contributed by atoms with Crippen LogP contribution in [0.15, 0.2) is 34.4 Å². The van der Waals surface area contributed by atoms with E-state index in [-0.39, 0.29) is 11.8 Å². The van der Waals surface area contributed by atoms with Gasteiger partial charge in [0.05, 0.1) is 5.71 Å². The SMILES string of the molecule is CCCCN(C(N)=NC)c1ccc(C2=NNC(=O)CC2C)cc1. The molecule has 0 aliphatic carbocycles. The molecule has 1 unspecified atom stereocenters. The number of unbranched alkanes of at least 4 members (excludes halogenated alkanes) is 1. The van der Waals surface area contributed by atoms with Crippen molar-refractivity contribution in [1.29, 1.82) is 0 Å². The molecule has 3 N–H and O–H groups in total. The molecule has 6 heteroatoms. The van der Waals surface area contributed by atoms with Crippen LogP contribution >= 0.6 is 0 Å². The van der Waals surface area contributed by atoms with Gasteiger partial charge in [-0.05, 0) is 24.1 Å². The molecule has 124 valence electrons. The van der Waals surface area contributed by atoms with E-state index in [1.165, 1.54) is 0 Å². The molecule has 0 radical (unpaired) electrons. The van der Waals surface area contributed by atoms with Gasteiger partial charge in [-0.3, -0.25) is 9.79 Å². The summed E-state index contributed by atoms with van der Waals surface area (Å²) in [7, 11) is 1.70. The highest BCUT2D eigenvalue weighted by Crippen LogP contribution is 2.21. The average Bonchev–Trinajstić information content (AvgIpc) is 2.55. The lowest BCUT2D eigenvalue weighted by molar-refractivity contribution is -0.121. The van der Waals surface area contributed by atoms with E-state index in [0.29, 0.717) is 12.4 Å². The fraction of sp³-hybridized carbons (Fsp3) is 0.471. The topological polar surface area (TPSA) is 83.1 Å². The number of hydrogen-bond donors (Lipinski definition) is 2. The first kappa shape index (κ1) is 17.0. The van der Waals surface area contributed by atoms with Gasteiger partial charge in [-0.1, -0.05) is 32.4 Å². The van der Waals surface area contributed by atoms with Gasteiger partial charge in [0.1, 0.15) is 0 Å². The minimum absolute atomic E-state index is 0.0319. The lowest BCUT2D eigenvalue weighted by Gasteiger charge is -2.24. The number of nitrogens with two attached hydrogens (primary N) is 1. The highest BCUT2D eigenvalue weighted by Gasteiger charge is 2.21. The van der Waals surface area contributed by atoms with Crippen LogP contribution in [0.1, 0.15) is 38.7 Å². The number of aliphatic imine (C=N–C) groups is 1. The zero-order chi connectivity index (χ0) is 16.8. The van der Waals surface area contributed by atoms with E-state index in [9.17, 15) is 4.79 Å². The molecule has 0 aromatic heterocycles. The minimum atomic E-state index is -0.0319. The Balaban J connectivity index is 2.22. The van der Waals surface area contributed by atoms with Crippen LogP contribution in [0.3, 0.4) is 0 Å². The number of rotatable bonds is 5. The summed E-state index contributed by atoms with van der Waals surface area (Å²) in [6, 6.07) is 8.08. The van der Waals surface area contributed by atoms with Gasteiger partial charge in [0.25, 0.3) is 0 Å². The van der Waals surface area contributed by atoms with Gasteiger partial charge in [-0.25, -0.2) is 5.43 Å². The summed E-state index contributed by atoms with van der Waals surface area (Å²) in [5.74, 6) is 0.602. The molecule has 1 heterocycles. The van der Waals surface area contributed by atoms with Gasteiger partial charge in [0, 0.05) is 31.6 Å². The molecule has 1 atom stereocenters. The van der Waals surface area contributed by atoms with Crippen LogP contribution in [-0.4, -0.2) is 31.2 Å². The molecule has 1 aliphatic heterocycles. The second-order valence-corrected chi connectivity index (χ2v) is 5.77. The first-order valence-electron chi connectivity index (χ1n) is 8.03. The maximum atomic E-state index is 11.4. The van der Waals surface area contributed by atoms with Crippen LogP contribution in [0.25, 0.3) is 0 Å². The van der Waals surface area contributed by atoms with Crippen molar-refractivity contribution in [2.75, 3.05) is 18.5 Å². The minimum Gasteiger partial charge on any atom is -0.370 e. The summed E-state index contributed by atoms with van der Waals surface area (Å²) in [5.41, 5.74) is 11.5. The van der Waals surface area contributed by atoms with Gasteiger partial charge < -0.3 is 10.6 Å². The normalized spacial score (nSPS) is 18.4. The molecule has 1 aromatic carbocycles. The third-order valence-corrected chi connectivity index (χ3v) is 3.98. The Morgan fingerprint density at radius 2 is 2.13 bits per heavy atom. The quantitative estimate of drug-likeness (QED) is 0.645. The van der Waals surface area contributed by atoms with Gasteiger partial charge >= 0.3 is 0 Å². The van der Waals surface area contributed by atoms with E-state index in [0.717, 1.165) is 36.3 Å². The average molecular weight is 315 g/mol. The fourth-order valence-electron chi connectivity index (χ4n) is 2.63. The Labute approximate surface area is 137 Å². The van der Waals surface area contributed by atoms with Crippen molar-refractivity contribution < 1.29 is 4.79 Å². The van der Waals surface area contributed by atoms with Crippen LogP contribution in [0.5, 0.6) is 0 Å². The van der Waals surface area contributed by atoms with E-state index in [1.54, 1.807) is 7.05 Å². The van der Waals surface area contributed by atoms with Gasteiger partial charge in [0.2, 0.25) is 5.91 Å². The summed E-state index contributed by atoms with van der Waals surface area (Å²) in [4.78, 5) is 17.5. The molecular weight excluding hydrogens is 290 g/mol. The Morgan fingerprint density at radius 3 is 2.70 bits per heavy atom. The highest BCUT2D eigenvalue weighted by atomic mass is 16.2. The Bertz CT molecular complexity index is 606. The zero-order valence-corrected chi connectivity index (χ0v) is 14.0. The number of benzene rings is 1. The molecule has 6 nitrogen and oxygen atoms in total. The summed E-state index contributed by atoms with van der Waals surface area (Å²) in [6.07, 6.45) is 2.62. The van der Waals surface area contributed by atoms with E-state index in [2.05, 4.69) is 22.4 Å². The molecule has 23 heavy (non-hydrogen) atoms. The van der Waals surface area contributed by atoms with E-state index in [4.69, 9.17) is 5.73 Å². The highest BCUT2D eigenvalue weighted by molar-refractivity contribution is 6.06. The largest absolute Gasteiger partial charge is 0.370 e. The van der Waals surface area contributed by atoms with Crippen LogP contribution in [0.2, 0.25) is 0 Å². The van der Waals surface area contributed by atoms with Crippen LogP contribution in [-0.2, 0) is 4.79 Å². The van der Waals surface area contributed by atoms with Crippen molar-refractivity contribution in [2.24, 2.45) is 21.7 Å². The number of guanidine groups is 1. The lowest BCUT2D eigenvalue weighted by atomic mass is 9.94. The number of carbonyl (C=O) groups excluding carboxylic acids is 1. The Kier molecular flexibility index (Phi) is 5.73. The lowest BCUT2D eigenvalue weighted by Crippen LogP contribution is -2.38. The van der Waals surface area contributed by atoms with E-state index < -0.39 is 0 Å². The molecule has 1 aromatic rings. The second kappa shape index (κ2) is 7.76. The summed E-state index contributed by atoms with van der Waals surface area (Å²) in [6.45, 7) is 5.00. The van der Waals surface area contributed by atoms with Crippen molar-refractivity contribution in [2.45, 2.75) is 33.1 Å². The van der Waals surface area contributed by atoms with E-state index >= 15 is 0 Å². The van der Waals surface area contributed by atoms with Crippen LogP contribution in [0, 0.1) is 5.92 Å². The monoisotopic (exact) mass is 315 g/mol. The third kappa shape index (κ3) is 4.09. The molecular formula is C17H25N5O. The van der Waals surface area contributed by atoms with Crippen molar-refractivity contribution >= 4 is 23.3 Å². The predicted octanol–water partition coefficient (Wildman–Crippen LogP) is 2.10. The summed E-state index contributed by atoms with van der Waals surface area (Å²) in [5, 5.41) is 4.19. The van der Waals surface area contributed by atoms with Gasteiger partial charge in [-0.2, -0.15) is 5.10 Å². The second-order valence-electron chi connectivity index (χ2n) is 5.77. The number of nitrogens with zero attached hydrogens (tertiary/aromatic N) is 3. The molecule has 1 aliphatic rings. The Hall–Kier alpha value is -2.37. The predicted molar refractivity (Wildman–Crippen MR) is 94.7 cm³/mol. The molecule has 1 amide bonds. The molecule has 0 fully saturated rings. The number of amides is 1. The van der Waals surface area contributed by atoms with Crippen molar-refractivity contribution in [3.8, 4) is 0 Å². The first-order chi connectivity index (χ1) is 11.1. The smallest absolute Gasteiger partial charge is 0.240 e. The number of carbonyl (C=O) groups is 1. The standard InChI is InChI=1S/C17H25N5O/c1-4-5-10-22(17(18)19-3)14-8-6-13(7-9-14)16-12(2)11-15(23)20-21-16/h6-9,12H,4-5,10-11H2,1-3H3,(H2,18,19)(H,20,23). The maximum absolute atomic E-state index is 11.4. The van der Waals surface area contributed by atoms with Crippen molar-refractivity contribution in [1.82, 2.24) is 5.43 Å². The zero-order valence-electron chi connectivity index (χ0n) is 14.0. The summed E-state index contributed by atoms with van der Waals surface area (Å²) < 4.78 is 0. The molecule has 0 bridgehead atoms. The molecule has 2 rings (SSSR count). The van der Waals surface area contributed by atoms with Crippen LogP contribution in [0.4, 0.5) is 5.69 Å². The number of nitrogens with one attached hydrogen (secondary N) is 1. The van der Waals surface area contributed by atoms with Crippen molar-refractivity contribution in [3.63, 3.8) is 0 Å².